The Hall–Kier alpha value is -2.16. The molecule has 90 valence electrons. The molecular formula is C8H9N5O3S. The lowest BCUT2D eigenvalue weighted by atomic mass is 10.5. The third-order valence-corrected chi connectivity index (χ3v) is 3.12. The second-order valence-electron chi connectivity index (χ2n) is 3.22. The second kappa shape index (κ2) is 4.01. The standard InChI is InChI=1S/C8H9N5O3S/c1-5-2-7(16-12-5)13-17(14,15)6-3-10-8(9)11-4-6/h2-4,13H,1H3,(H2,9,10,11). The molecule has 0 fully saturated rings. The van der Waals surface area contributed by atoms with Crippen molar-refractivity contribution in [2.75, 3.05) is 10.5 Å². The molecule has 2 aromatic heterocycles. The van der Waals surface area contributed by atoms with Gasteiger partial charge in [-0.15, -0.1) is 0 Å². The van der Waals surface area contributed by atoms with Crippen molar-refractivity contribution in [3.63, 3.8) is 0 Å². The highest BCUT2D eigenvalue weighted by Gasteiger charge is 2.17. The van der Waals surface area contributed by atoms with Gasteiger partial charge in [0.2, 0.25) is 11.8 Å². The molecule has 2 rings (SSSR count). The number of hydrogen-bond acceptors (Lipinski definition) is 7. The molecule has 0 aliphatic heterocycles. The van der Waals surface area contributed by atoms with Gasteiger partial charge in [0.1, 0.15) is 4.90 Å². The van der Waals surface area contributed by atoms with E-state index in [1.807, 2.05) is 0 Å². The molecule has 8 nitrogen and oxygen atoms in total. The Labute approximate surface area is 96.9 Å². The van der Waals surface area contributed by atoms with Gasteiger partial charge in [0.25, 0.3) is 10.0 Å². The van der Waals surface area contributed by atoms with E-state index in [-0.39, 0.29) is 16.7 Å². The molecule has 0 amide bonds. The Morgan fingerprint density at radius 2 is 2.00 bits per heavy atom. The largest absolute Gasteiger partial charge is 0.368 e. The van der Waals surface area contributed by atoms with Crippen molar-refractivity contribution in [1.29, 1.82) is 0 Å². The Morgan fingerprint density at radius 1 is 1.35 bits per heavy atom. The molecule has 0 unspecified atom stereocenters. The topological polar surface area (TPSA) is 124 Å². The van der Waals surface area contributed by atoms with E-state index in [4.69, 9.17) is 10.3 Å². The summed E-state index contributed by atoms with van der Waals surface area (Å²) in [6.45, 7) is 1.67. The quantitative estimate of drug-likeness (QED) is 0.800. The molecule has 0 saturated carbocycles. The predicted octanol–water partition coefficient (Wildman–Crippen LogP) is 0.156. The Morgan fingerprint density at radius 3 is 2.53 bits per heavy atom. The number of anilines is 2. The lowest BCUT2D eigenvalue weighted by molar-refractivity contribution is 0.430. The SMILES string of the molecule is Cc1cc(NS(=O)(=O)c2cnc(N)nc2)on1. The highest BCUT2D eigenvalue weighted by molar-refractivity contribution is 7.92. The number of aryl methyl sites for hydroxylation is 1. The van der Waals surface area contributed by atoms with Crippen molar-refractivity contribution >= 4 is 21.9 Å². The minimum atomic E-state index is -3.78. The zero-order chi connectivity index (χ0) is 12.5. The molecule has 3 N–H and O–H groups in total. The van der Waals surface area contributed by atoms with Gasteiger partial charge >= 0.3 is 0 Å². The zero-order valence-corrected chi connectivity index (χ0v) is 9.60. The summed E-state index contributed by atoms with van der Waals surface area (Å²) in [5.41, 5.74) is 5.83. The Balaban J connectivity index is 2.28. The molecule has 0 aliphatic rings. The van der Waals surface area contributed by atoms with E-state index >= 15 is 0 Å². The van der Waals surface area contributed by atoms with Gasteiger partial charge in [0, 0.05) is 6.07 Å². The smallest absolute Gasteiger partial charge is 0.267 e. The summed E-state index contributed by atoms with van der Waals surface area (Å²) in [4.78, 5) is 7.08. The maximum absolute atomic E-state index is 11.8. The normalized spacial score (nSPS) is 11.4. The maximum Gasteiger partial charge on any atom is 0.267 e. The first kappa shape index (κ1) is 11.3. The van der Waals surface area contributed by atoms with Crippen molar-refractivity contribution in [2.24, 2.45) is 0 Å². The Kier molecular flexibility index (Phi) is 2.68. The highest BCUT2D eigenvalue weighted by Crippen LogP contribution is 2.15. The lowest BCUT2D eigenvalue weighted by Crippen LogP contribution is -2.13. The van der Waals surface area contributed by atoms with E-state index in [2.05, 4.69) is 19.8 Å². The van der Waals surface area contributed by atoms with Gasteiger partial charge in [0.05, 0.1) is 18.1 Å². The molecule has 9 heteroatoms. The molecule has 0 spiro atoms. The Bertz CT molecular complexity index is 619. The third kappa shape index (κ3) is 2.50. The van der Waals surface area contributed by atoms with Gasteiger partial charge in [-0.2, -0.15) is 0 Å². The van der Waals surface area contributed by atoms with Crippen molar-refractivity contribution in [3.8, 4) is 0 Å². The summed E-state index contributed by atoms with van der Waals surface area (Å²) in [7, 11) is -3.78. The van der Waals surface area contributed by atoms with Gasteiger partial charge in [-0.25, -0.2) is 23.1 Å². The van der Waals surface area contributed by atoms with Crippen LogP contribution >= 0.6 is 0 Å². The van der Waals surface area contributed by atoms with Crippen LogP contribution < -0.4 is 10.5 Å². The molecule has 0 atom stereocenters. The van der Waals surface area contributed by atoms with Crippen molar-refractivity contribution in [3.05, 3.63) is 24.2 Å². The van der Waals surface area contributed by atoms with Crippen LogP contribution in [0.5, 0.6) is 0 Å². The monoisotopic (exact) mass is 255 g/mol. The first-order valence-electron chi connectivity index (χ1n) is 4.51. The molecule has 2 aromatic rings. The van der Waals surface area contributed by atoms with Gasteiger partial charge in [0.15, 0.2) is 0 Å². The van der Waals surface area contributed by atoms with Crippen LogP contribution in [0.25, 0.3) is 0 Å². The van der Waals surface area contributed by atoms with Crippen LogP contribution in [-0.2, 0) is 10.0 Å². The molecular weight excluding hydrogens is 246 g/mol. The van der Waals surface area contributed by atoms with E-state index in [1.165, 1.54) is 6.07 Å². The fourth-order valence-corrected chi connectivity index (χ4v) is 1.93. The molecule has 0 bridgehead atoms. The molecule has 0 aromatic carbocycles. The maximum atomic E-state index is 11.8. The van der Waals surface area contributed by atoms with Crippen molar-refractivity contribution < 1.29 is 12.9 Å². The number of nitrogens with one attached hydrogen (secondary N) is 1. The number of nitrogens with zero attached hydrogens (tertiary/aromatic N) is 3. The number of sulfonamides is 1. The highest BCUT2D eigenvalue weighted by atomic mass is 32.2. The van der Waals surface area contributed by atoms with Crippen molar-refractivity contribution in [1.82, 2.24) is 15.1 Å². The fourth-order valence-electron chi connectivity index (χ4n) is 1.07. The minimum Gasteiger partial charge on any atom is -0.368 e. The van der Waals surface area contributed by atoms with Gasteiger partial charge < -0.3 is 10.3 Å². The van der Waals surface area contributed by atoms with Gasteiger partial charge in [-0.05, 0) is 6.92 Å². The molecule has 2 heterocycles. The van der Waals surface area contributed by atoms with E-state index in [0.717, 1.165) is 12.4 Å². The number of nitrogens with two attached hydrogens (primary N) is 1. The predicted molar refractivity (Wildman–Crippen MR) is 58.5 cm³/mol. The van der Waals surface area contributed by atoms with Crippen LogP contribution in [0.15, 0.2) is 27.9 Å². The summed E-state index contributed by atoms with van der Waals surface area (Å²) in [5.74, 6) is 0.0267. The van der Waals surface area contributed by atoms with E-state index < -0.39 is 10.0 Å². The molecule has 0 radical (unpaired) electrons. The summed E-state index contributed by atoms with van der Waals surface area (Å²) >= 11 is 0. The lowest BCUT2D eigenvalue weighted by Gasteiger charge is -2.03. The van der Waals surface area contributed by atoms with Gasteiger partial charge in [-0.1, -0.05) is 5.16 Å². The van der Waals surface area contributed by atoms with Crippen LogP contribution in [0, 0.1) is 6.92 Å². The summed E-state index contributed by atoms with van der Waals surface area (Å²) in [6.07, 6.45) is 2.21. The van der Waals surface area contributed by atoms with Crippen LogP contribution in [0.2, 0.25) is 0 Å². The number of aromatic nitrogens is 3. The molecule has 0 saturated heterocycles. The summed E-state index contributed by atoms with van der Waals surface area (Å²) in [5, 5.41) is 3.56. The number of nitrogen functional groups attached to an aromatic ring is 1. The first-order chi connectivity index (χ1) is 7.97. The first-order valence-corrected chi connectivity index (χ1v) is 5.99. The van der Waals surface area contributed by atoms with E-state index in [1.54, 1.807) is 6.92 Å². The third-order valence-electron chi connectivity index (χ3n) is 1.82. The van der Waals surface area contributed by atoms with E-state index in [9.17, 15) is 8.42 Å². The second-order valence-corrected chi connectivity index (χ2v) is 4.90. The number of rotatable bonds is 3. The molecule has 0 aliphatic carbocycles. The number of hydrogen-bond donors (Lipinski definition) is 2. The van der Waals surface area contributed by atoms with Crippen molar-refractivity contribution in [2.45, 2.75) is 11.8 Å². The van der Waals surface area contributed by atoms with Gasteiger partial charge in [-0.3, -0.25) is 0 Å². The minimum absolute atomic E-state index is 0.000500. The van der Waals surface area contributed by atoms with Crippen LogP contribution in [0.1, 0.15) is 5.69 Å². The average molecular weight is 255 g/mol. The average Bonchev–Trinajstić information content (AvgIpc) is 2.63. The van der Waals surface area contributed by atoms with E-state index in [0.29, 0.717) is 5.69 Å². The fraction of sp³-hybridized carbons (Fsp3) is 0.125. The zero-order valence-electron chi connectivity index (χ0n) is 8.78. The van der Waals surface area contributed by atoms with Crippen LogP contribution in [0.4, 0.5) is 11.8 Å². The van der Waals surface area contributed by atoms with Crippen LogP contribution in [0.3, 0.4) is 0 Å². The summed E-state index contributed by atoms with van der Waals surface area (Å²) < 4.78 is 30.5. The summed E-state index contributed by atoms with van der Waals surface area (Å²) in [6, 6.07) is 1.45. The molecule has 17 heavy (non-hydrogen) atoms. The van der Waals surface area contributed by atoms with Crippen LogP contribution in [-0.4, -0.2) is 23.5 Å².